The second-order valence-electron chi connectivity index (χ2n) is 11.4. The Morgan fingerprint density at radius 2 is 1.54 bits per heavy atom. The number of nitrogens with one attached hydrogen (secondary N) is 1. The lowest BCUT2D eigenvalue weighted by atomic mass is 9.85. The van der Waals surface area contributed by atoms with Gasteiger partial charge in [0.05, 0.1) is 13.0 Å². The third kappa shape index (κ3) is 12.2. The molecule has 0 aliphatic heterocycles. The first-order chi connectivity index (χ1) is 17.8. The molecule has 1 N–H and O–H groups in total. The quantitative estimate of drug-likeness (QED) is 0.164. The summed E-state index contributed by atoms with van der Waals surface area (Å²) in [6, 6.07) is 12.4. The van der Waals surface area contributed by atoms with Gasteiger partial charge in [-0.3, -0.25) is 4.79 Å². The van der Waals surface area contributed by atoms with Crippen molar-refractivity contribution in [2.45, 2.75) is 130 Å². The fourth-order valence-electron chi connectivity index (χ4n) is 4.74. The van der Waals surface area contributed by atoms with Gasteiger partial charge >= 0.3 is 0 Å². The Morgan fingerprint density at radius 1 is 0.865 bits per heavy atom. The molecule has 37 heavy (non-hydrogen) atoms. The summed E-state index contributed by atoms with van der Waals surface area (Å²) in [5.74, 6) is 1.00. The van der Waals surface area contributed by atoms with Crippen LogP contribution >= 0.6 is 0 Å². The monoisotopic (exact) mass is 509 g/mol. The van der Waals surface area contributed by atoms with Crippen LogP contribution < -0.4 is 14.6 Å². The van der Waals surface area contributed by atoms with Crippen LogP contribution in [-0.2, 0) is 29.7 Å². The maximum Gasteiger partial charge on any atom is 0.224 e. The molecule has 0 aliphatic carbocycles. The number of carbonyl (C=O) groups is 1. The summed E-state index contributed by atoms with van der Waals surface area (Å²) in [5, 5.41) is 3.10. The lowest BCUT2D eigenvalue weighted by Crippen LogP contribution is -2.40. The summed E-state index contributed by atoms with van der Waals surface area (Å²) < 4.78 is 8.44. The van der Waals surface area contributed by atoms with Crippen molar-refractivity contribution < 1.29 is 14.1 Å². The summed E-state index contributed by atoms with van der Waals surface area (Å²) in [6.07, 6.45) is 16.8. The van der Waals surface area contributed by atoms with E-state index in [1.807, 2.05) is 18.2 Å². The Morgan fingerprint density at radius 3 is 2.19 bits per heavy atom. The maximum atomic E-state index is 12.7. The molecule has 1 heterocycles. The molecule has 0 spiro atoms. The summed E-state index contributed by atoms with van der Waals surface area (Å²) >= 11 is 0. The molecule has 4 heteroatoms. The molecule has 1 aromatic heterocycles. The first-order valence-electron chi connectivity index (χ1n) is 14.9. The number of benzene rings is 1. The number of aromatic nitrogens is 1. The molecule has 0 aliphatic rings. The lowest BCUT2D eigenvalue weighted by Gasteiger charge is -2.24. The van der Waals surface area contributed by atoms with E-state index in [1.165, 1.54) is 63.4 Å². The molecule has 0 bridgehead atoms. The molecule has 0 fully saturated rings. The van der Waals surface area contributed by atoms with Gasteiger partial charge in [-0.2, -0.15) is 0 Å². The van der Waals surface area contributed by atoms with Crippen molar-refractivity contribution >= 4 is 5.91 Å². The number of rotatable bonds is 18. The zero-order chi connectivity index (χ0) is 26.9. The third-order valence-electron chi connectivity index (χ3n) is 6.94. The van der Waals surface area contributed by atoms with E-state index in [9.17, 15) is 4.79 Å². The fourth-order valence-corrected chi connectivity index (χ4v) is 4.74. The standard InChI is InChI=1S/C33H52N2O2/c1-6-8-9-10-11-12-13-14-15-18-24-37-31-21-20-28(25-30(31)33(3,4)5)26-32(36)34-27-29-19-16-17-23-35(29)22-7-2/h16-17,19-21,23,25H,6-15,18,22,24,26-27H2,1-5H3/p+1. The lowest BCUT2D eigenvalue weighted by molar-refractivity contribution is -0.704. The molecule has 206 valence electrons. The smallest absolute Gasteiger partial charge is 0.224 e. The van der Waals surface area contributed by atoms with Gasteiger partial charge in [0.25, 0.3) is 0 Å². The molecule has 0 saturated carbocycles. The number of pyridine rings is 1. The first kappa shape index (κ1) is 30.9. The van der Waals surface area contributed by atoms with Gasteiger partial charge in [0.1, 0.15) is 18.8 Å². The average molecular weight is 510 g/mol. The summed E-state index contributed by atoms with van der Waals surface area (Å²) in [6.45, 7) is 13.3. The van der Waals surface area contributed by atoms with Gasteiger partial charge in [0.15, 0.2) is 6.20 Å². The van der Waals surface area contributed by atoms with Crippen LogP contribution in [0.4, 0.5) is 0 Å². The van der Waals surface area contributed by atoms with Crippen molar-refractivity contribution in [1.82, 2.24) is 5.32 Å². The highest BCUT2D eigenvalue weighted by atomic mass is 16.5. The van der Waals surface area contributed by atoms with Gasteiger partial charge in [-0.1, -0.05) is 111 Å². The Kier molecular flexibility index (Phi) is 14.4. The average Bonchev–Trinajstić information content (AvgIpc) is 2.87. The van der Waals surface area contributed by atoms with Crippen LogP contribution in [0.1, 0.15) is 122 Å². The molecular formula is C33H53N2O2+. The van der Waals surface area contributed by atoms with Crippen LogP contribution in [0.2, 0.25) is 0 Å². The molecule has 4 nitrogen and oxygen atoms in total. The molecule has 0 saturated heterocycles. The summed E-state index contributed by atoms with van der Waals surface area (Å²) in [4.78, 5) is 12.7. The van der Waals surface area contributed by atoms with Crippen molar-refractivity contribution in [3.63, 3.8) is 0 Å². The first-order valence-corrected chi connectivity index (χ1v) is 14.9. The Hall–Kier alpha value is -2.36. The predicted octanol–water partition coefficient (Wildman–Crippen LogP) is 7.84. The minimum Gasteiger partial charge on any atom is -0.493 e. The highest BCUT2D eigenvalue weighted by molar-refractivity contribution is 5.78. The van der Waals surface area contributed by atoms with E-state index in [0.29, 0.717) is 13.0 Å². The molecule has 0 unspecified atom stereocenters. The zero-order valence-corrected chi connectivity index (χ0v) is 24.4. The van der Waals surface area contributed by atoms with Crippen LogP contribution in [0, 0.1) is 0 Å². The molecule has 2 rings (SSSR count). The largest absolute Gasteiger partial charge is 0.493 e. The van der Waals surface area contributed by atoms with E-state index >= 15 is 0 Å². The topological polar surface area (TPSA) is 42.2 Å². The Bertz CT molecular complexity index is 917. The van der Waals surface area contributed by atoms with Crippen molar-refractivity contribution in [3.05, 3.63) is 59.4 Å². The molecule has 1 aromatic carbocycles. The van der Waals surface area contributed by atoms with Crippen molar-refractivity contribution in [3.8, 4) is 5.75 Å². The van der Waals surface area contributed by atoms with E-state index in [1.54, 1.807) is 0 Å². The SMILES string of the molecule is CCCCCCCCCCCCOc1ccc(CC(=O)NCc2cccc[n+]2CCC)cc1C(C)(C)C. The van der Waals surface area contributed by atoms with E-state index < -0.39 is 0 Å². The second-order valence-corrected chi connectivity index (χ2v) is 11.4. The van der Waals surface area contributed by atoms with Crippen LogP contribution in [0.15, 0.2) is 42.6 Å². The molecule has 2 aromatic rings. The van der Waals surface area contributed by atoms with E-state index in [-0.39, 0.29) is 11.3 Å². The summed E-state index contributed by atoms with van der Waals surface area (Å²) in [7, 11) is 0. The number of ether oxygens (including phenoxy) is 1. The molecule has 1 amide bonds. The van der Waals surface area contributed by atoms with Crippen LogP contribution in [0.5, 0.6) is 5.75 Å². The van der Waals surface area contributed by atoms with Crippen LogP contribution in [-0.4, -0.2) is 12.5 Å². The minimum atomic E-state index is -0.0463. The van der Waals surface area contributed by atoms with Crippen molar-refractivity contribution in [2.75, 3.05) is 6.61 Å². The predicted molar refractivity (Wildman–Crippen MR) is 155 cm³/mol. The van der Waals surface area contributed by atoms with Crippen LogP contribution in [0.25, 0.3) is 0 Å². The van der Waals surface area contributed by atoms with Crippen molar-refractivity contribution in [2.24, 2.45) is 0 Å². The van der Waals surface area contributed by atoms with E-state index in [0.717, 1.165) is 43.0 Å². The highest BCUT2D eigenvalue weighted by Gasteiger charge is 2.20. The number of carbonyl (C=O) groups excluding carboxylic acids is 1. The van der Waals surface area contributed by atoms with Gasteiger partial charge in [-0.15, -0.1) is 0 Å². The number of hydrogen-bond donors (Lipinski definition) is 1. The highest BCUT2D eigenvalue weighted by Crippen LogP contribution is 2.32. The Balaban J connectivity index is 1.80. The third-order valence-corrected chi connectivity index (χ3v) is 6.94. The van der Waals surface area contributed by atoms with Crippen molar-refractivity contribution in [1.29, 1.82) is 0 Å². The maximum absolute atomic E-state index is 12.7. The number of unbranched alkanes of at least 4 members (excludes halogenated alkanes) is 9. The molecule has 0 atom stereocenters. The molecular weight excluding hydrogens is 456 g/mol. The van der Waals surface area contributed by atoms with E-state index in [2.05, 4.69) is 68.9 Å². The minimum absolute atomic E-state index is 0.0463. The zero-order valence-electron chi connectivity index (χ0n) is 24.4. The summed E-state index contributed by atoms with van der Waals surface area (Å²) in [5.41, 5.74) is 3.29. The van der Waals surface area contributed by atoms with Gasteiger partial charge < -0.3 is 10.1 Å². The number of amides is 1. The van der Waals surface area contributed by atoms with Gasteiger partial charge in [0, 0.05) is 18.6 Å². The number of aryl methyl sites for hydroxylation is 1. The number of nitrogens with zero attached hydrogens (tertiary/aromatic N) is 1. The van der Waals surface area contributed by atoms with Crippen LogP contribution in [0.3, 0.4) is 0 Å². The number of hydrogen-bond acceptors (Lipinski definition) is 2. The second kappa shape index (κ2) is 17.2. The Labute approximate surface area is 227 Å². The van der Waals surface area contributed by atoms with Gasteiger partial charge in [-0.05, 0) is 29.0 Å². The fraction of sp³-hybridized carbons (Fsp3) is 0.636. The van der Waals surface area contributed by atoms with Gasteiger partial charge in [0.2, 0.25) is 11.6 Å². The normalized spacial score (nSPS) is 11.5. The van der Waals surface area contributed by atoms with Gasteiger partial charge in [-0.25, -0.2) is 4.57 Å². The van der Waals surface area contributed by atoms with E-state index in [4.69, 9.17) is 4.74 Å². The molecule has 0 radical (unpaired) electrons.